The van der Waals surface area contributed by atoms with E-state index in [-0.39, 0.29) is 18.5 Å². The Bertz CT molecular complexity index is 1100. The van der Waals surface area contributed by atoms with E-state index < -0.39 is 12.1 Å². The van der Waals surface area contributed by atoms with Crippen molar-refractivity contribution in [1.29, 1.82) is 0 Å². The van der Waals surface area contributed by atoms with Gasteiger partial charge in [-0.3, -0.25) is 9.59 Å². The largest absolute Gasteiger partial charge is 0.466 e. The lowest BCUT2D eigenvalue weighted by atomic mass is 10.0. The Morgan fingerprint density at radius 2 is 0.539 bits per heavy atom. The number of rotatable bonds is 67. The van der Waals surface area contributed by atoms with Crippen LogP contribution in [0.4, 0.5) is 0 Å². The highest BCUT2D eigenvalue weighted by molar-refractivity contribution is 5.76. The maximum absolute atomic E-state index is 12.6. The van der Waals surface area contributed by atoms with Gasteiger partial charge in [0.1, 0.15) is 0 Å². The van der Waals surface area contributed by atoms with Gasteiger partial charge in [-0.15, -0.1) is 0 Å². The fourth-order valence-corrected chi connectivity index (χ4v) is 11.5. The predicted octanol–water partition coefficient (Wildman–Crippen LogP) is 22.6. The number of aliphatic hydroxyl groups is 2. The van der Waals surface area contributed by atoms with Crippen molar-refractivity contribution in [3.63, 3.8) is 0 Å². The molecule has 2 unspecified atom stereocenters. The lowest BCUT2D eigenvalue weighted by Gasteiger charge is -2.22. The Balaban J connectivity index is 3.37. The third-order valence-electron chi connectivity index (χ3n) is 16.9. The number of carbonyl (C=O) groups is 2. The number of carbonyl (C=O) groups excluding carboxylic acids is 2. The van der Waals surface area contributed by atoms with Crippen LogP contribution in [0.2, 0.25) is 0 Å². The van der Waals surface area contributed by atoms with E-state index in [0.717, 1.165) is 38.5 Å². The van der Waals surface area contributed by atoms with Crippen molar-refractivity contribution < 1.29 is 24.5 Å². The van der Waals surface area contributed by atoms with E-state index in [9.17, 15) is 19.8 Å². The lowest BCUT2D eigenvalue weighted by molar-refractivity contribution is -0.143. The van der Waals surface area contributed by atoms with E-state index in [1.165, 1.54) is 340 Å². The molecule has 1 amide bonds. The molecule has 0 saturated carbocycles. The molecule has 0 radical (unpaired) electrons. The van der Waals surface area contributed by atoms with Gasteiger partial charge in [-0.25, -0.2) is 0 Å². The Hall–Kier alpha value is -1.14. The molecule has 6 heteroatoms. The summed E-state index contributed by atoms with van der Waals surface area (Å²) < 4.78 is 5.50. The van der Waals surface area contributed by atoms with Crippen molar-refractivity contribution in [2.45, 2.75) is 424 Å². The second-order valence-electron chi connectivity index (χ2n) is 24.6. The smallest absolute Gasteiger partial charge is 0.305 e. The van der Waals surface area contributed by atoms with E-state index in [4.69, 9.17) is 4.74 Å². The number of nitrogens with one attached hydrogen (secondary N) is 1. The topological polar surface area (TPSA) is 95.9 Å². The van der Waals surface area contributed by atoms with E-state index in [2.05, 4.69) is 19.2 Å². The van der Waals surface area contributed by atoms with Gasteiger partial charge in [0.25, 0.3) is 0 Å². The Kier molecular flexibility index (Phi) is 65.4. The van der Waals surface area contributed by atoms with Gasteiger partial charge in [0.05, 0.1) is 25.4 Å². The molecule has 6 nitrogen and oxygen atoms in total. The molecule has 0 aromatic carbocycles. The number of amides is 1. The molecule has 0 aliphatic heterocycles. The monoisotopic (exact) mass is 1070 g/mol. The third kappa shape index (κ3) is 62.1. The Labute approximate surface area is 476 Å². The minimum Gasteiger partial charge on any atom is -0.466 e. The summed E-state index contributed by atoms with van der Waals surface area (Å²) in [6, 6.07) is -0.544. The van der Waals surface area contributed by atoms with Crippen LogP contribution in [0.25, 0.3) is 0 Å². The Morgan fingerprint density at radius 1 is 0.316 bits per heavy atom. The van der Waals surface area contributed by atoms with Gasteiger partial charge >= 0.3 is 5.97 Å². The summed E-state index contributed by atoms with van der Waals surface area (Å²) >= 11 is 0. The molecule has 0 aromatic heterocycles. The fourth-order valence-electron chi connectivity index (χ4n) is 11.5. The molecule has 0 rings (SSSR count). The first kappa shape index (κ1) is 74.9. The highest BCUT2D eigenvalue weighted by Crippen LogP contribution is 2.20. The zero-order chi connectivity index (χ0) is 55.0. The van der Waals surface area contributed by atoms with Crippen LogP contribution in [0.3, 0.4) is 0 Å². The molecule has 2 atom stereocenters. The van der Waals surface area contributed by atoms with Crippen molar-refractivity contribution in [2.75, 3.05) is 13.2 Å². The average Bonchev–Trinajstić information content (AvgIpc) is 3.42. The normalized spacial score (nSPS) is 12.4. The highest BCUT2D eigenvalue weighted by atomic mass is 16.5. The van der Waals surface area contributed by atoms with Crippen LogP contribution in [-0.4, -0.2) is 47.4 Å². The average molecular weight is 1070 g/mol. The van der Waals surface area contributed by atoms with E-state index in [0.29, 0.717) is 25.9 Å². The molecule has 0 fully saturated rings. The van der Waals surface area contributed by atoms with Crippen molar-refractivity contribution in [3.05, 3.63) is 0 Å². The fraction of sp³-hybridized carbons (Fsp3) is 0.971. The third-order valence-corrected chi connectivity index (χ3v) is 16.9. The maximum atomic E-state index is 12.6. The number of hydrogen-bond donors (Lipinski definition) is 3. The van der Waals surface area contributed by atoms with Crippen LogP contribution in [0.5, 0.6) is 0 Å². The maximum Gasteiger partial charge on any atom is 0.305 e. The van der Waals surface area contributed by atoms with Crippen LogP contribution in [0.15, 0.2) is 0 Å². The molecule has 3 N–H and O–H groups in total. The van der Waals surface area contributed by atoms with Crippen LogP contribution < -0.4 is 5.32 Å². The molecule has 0 aromatic rings. The van der Waals surface area contributed by atoms with Gasteiger partial charge in [-0.05, 0) is 25.7 Å². The van der Waals surface area contributed by atoms with Gasteiger partial charge in [0.2, 0.25) is 5.91 Å². The summed E-state index contributed by atoms with van der Waals surface area (Å²) in [5.41, 5.74) is 0. The Morgan fingerprint density at radius 3 is 0.803 bits per heavy atom. The highest BCUT2D eigenvalue weighted by Gasteiger charge is 2.20. The summed E-state index contributed by atoms with van der Waals surface area (Å²) in [4.78, 5) is 24.7. The van der Waals surface area contributed by atoms with E-state index in [1.54, 1.807) is 0 Å². The van der Waals surface area contributed by atoms with Crippen molar-refractivity contribution in [2.24, 2.45) is 0 Å². The van der Waals surface area contributed by atoms with Gasteiger partial charge in [0, 0.05) is 12.8 Å². The summed E-state index contributed by atoms with van der Waals surface area (Å²) in [6.45, 7) is 5.00. The molecule has 0 saturated heterocycles. The predicted molar refractivity (Wildman–Crippen MR) is 334 cm³/mol. The van der Waals surface area contributed by atoms with Crippen molar-refractivity contribution >= 4 is 11.9 Å². The van der Waals surface area contributed by atoms with Gasteiger partial charge in [-0.1, -0.05) is 373 Å². The molecular weight excluding hydrogens is 935 g/mol. The zero-order valence-electron chi connectivity index (χ0n) is 52.0. The second kappa shape index (κ2) is 66.4. The number of unbranched alkanes of at least 4 members (excludes halogenated alkanes) is 56. The van der Waals surface area contributed by atoms with Crippen molar-refractivity contribution in [1.82, 2.24) is 5.32 Å². The lowest BCUT2D eigenvalue weighted by Crippen LogP contribution is -2.45. The molecule has 454 valence electrons. The van der Waals surface area contributed by atoms with Crippen LogP contribution in [0, 0.1) is 0 Å². The standard InChI is InChI=1S/C70H139NO5/c1-3-5-7-9-11-13-15-17-19-21-22-23-24-25-27-31-34-38-42-46-50-54-58-62-68(73)67(66-72)71-69(74)63-59-55-51-47-43-39-35-32-28-26-29-33-37-41-45-49-53-57-61-65-76-70(75)64-60-56-52-48-44-40-36-30-20-18-16-14-12-10-8-6-4-2/h67-68,72-73H,3-66H2,1-2H3,(H,71,74). The SMILES string of the molecule is CCCCCCCCCCCCCCCCCCCCCCCCCC(O)C(CO)NC(=O)CCCCCCCCCCCCCCCCCCCCCOC(=O)CCCCCCCCCCCCCCCCCCC. The van der Waals surface area contributed by atoms with Crippen LogP contribution >= 0.6 is 0 Å². The summed E-state index contributed by atoms with van der Waals surface area (Å²) in [6.07, 6.45) is 80.0. The summed E-state index contributed by atoms with van der Waals surface area (Å²) in [5, 5.41) is 23.4. The molecular formula is C70H139NO5. The zero-order valence-corrected chi connectivity index (χ0v) is 52.0. The number of esters is 1. The molecule has 0 bridgehead atoms. The number of ether oxygens (including phenoxy) is 1. The quantitative estimate of drug-likeness (QED) is 0.0417. The van der Waals surface area contributed by atoms with E-state index in [1.807, 2.05) is 0 Å². The van der Waals surface area contributed by atoms with Gasteiger partial charge in [-0.2, -0.15) is 0 Å². The molecule has 0 spiro atoms. The minimum atomic E-state index is -0.667. The summed E-state index contributed by atoms with van der Waals surface area (Å²) in [5.74, 6) is -0.0172. The molecule has 0 heterocycles. The molecule has 0 aliphatic carbocycles. The van der Waals surface area contributed by atoms with Crippen LogP contribution in [-0.2, 0) is 14.3 Å². The van der Waals surface area contributed by atoms with E-state index >= 15 is 0 Å². The molecule has 0 aliphatic rings. The first-order valence-corrected chi connectivity index (χ1v) is 35.3. The van der Waals surface area contributed by atoms with Gasteiger partial charge in [0.15, 0.2) is 0 Å². The second-order valence-corrected chi connectivity index (χ2v) is 24.6. The minimum absolute atomic E-state index is 0.0148. The first-order chi connectivity index (χ1) is 37.5. The summed E-state index contributed by atoms with van der Waals surface area (Å²) in [7, 11) is 0. The van der Waals surface area contributed by atoms with Crippen molar-refractivity contribution in [3.8, 4) is 0 Å². The number of hydrogen-bond acceptors (Lipinski definition) is 5. The first-order valence-electron chi connectivity index (χ1n) is 35.3. The number of aliphatic hydroxyl groups excluding tert-OH is 2. The van der Waals surface area contributed by atoms with Gasteiger partial charge < -0.3 is 20.3 Å². The molecule has 76 heavy (non-hydrogen) atoms. The van der Waals surface area contributed by atoms with Crippen LogP contribution in [0.1, 0.15) is 412 Å².